The van der Waals surface area contributed by atoms with E-state index in [4.69, 9.17) is 12.2 Å². The van der Waals surface area contributed by atoms with Crippen LogP contribution in [-0.2, 0) is 4.79 Å². The van der Waals surface area contributed by atoms with Gasteiger partial charge in [0.25, 0.3) is 5.91 Å². The van der Waals surface area contributed by atoms with Gasteiger partial charge in [0.1, 0.15) is 0 Å². The maximum atomic E-state index is 12.8. The minimum Gasteiger partial charge on any atom is -0.373 e. The number of amides is 1. The van der Waals surface area contributed by atoms with E-state index in [-0.39, 0.29) is 5.91 Å². The van der Waals surface area contributed by atoms with Crippen molar-refractivity contribution < 1.29 is 4.79 Å². The SMILES string of the molecule is O=C1/C(=C/N2CCN(c3ccccc3)CC2)SC(=S)N1c1ccccc1. The molecule has 2 aliphatic rings. The van der Waals surface area contributed by atoms with Crippen LogP contribution in [0.2, 0.25) is 0 Å². The molecule has 2 fully saturated rings. The number of hydrogen-bond acceptors (Lipinski definition) is 5. The Morgan fingerprint density at radius 1 is 0.846 bits per heavy atom. The second kappa shape index (κ2) is 7.51. The molecule has 0 unspecified atom stereocenters. The second-order valence-electron chi connectivity index (χ2n) is 6.20. The molecule has 0 aliphatic carbocycles. The number of rotatable bonds is 3. The number of anilines is 2. The summed E-state index contributed by atoms with van der Waals surface area (Å²) in [7, 11) is 0. The zero-order valence-corrected chi connectivity index (χ0v) is 15.9. The van der Waals surface area contributed by atoms with Gasteiger partial charge in [-0.05, 0) is 24.3 Å². The van der Waals surface area contributed by atoms with Gasteiger partial charge in [-0.25, -0.2) is 0 Å². The summed E-state index contributed by atoms with van der Waals surface area (Å²) in [6, 6.07) is 20.0. The molecule has 2 heterocycles. The monoisotopic (exact) mass is 381 g/mol. The summed E-state index contributed by atoms with van der Waals surface area (Å²) >= 11 is 6.81. The van der Waals surface area contributed by atoms with Gasteiger partial charge in [-0.3, -0.25) is 9.69 Å². The van der Waals surface area contributed by atoms with Gasteiger partial charge in [0.15, 0.2) is 4.32 Å². The molecule has 2 aromatic carbocycles. The second-order valence-corrected chi connectivity index (χ2v) is 7.87. The summed E-state index contributed by atoms with van der Waals surface area (Å²) in [6.07, 6.45) is 1.98. The number of hydrogen-bond donors (Lipinski definition) is 0. The Kier molecular flexibility index (Phi) is 4.95. The van der Waals surface area contributed by atoms with E-state index < -0.39 is 0 Å². The summed E-state index contributed by atoms with van der Waals surface area (Å²) in [4.78, 5) is 19.7. The number of carbonyl (C=O) groups is 1. The number of thioether (sulfide) groups is 1. The topological polar surface area (TPSA) is 26.8 Å². The van der Waals surface area contributed by atoms with Crippen LogP contribution >= 0.6 is 24.0 Å². The van der Waals surface area contributed by atoms with Crippen LogP contribution in [0.15, 0.2) is 71.8 Å². The largest absolute Gasteiger partial charge is 0.373 e. The minimum atomic E-state index is -0.0308. The Morgan fingerprint density at radius 2 is 1.42 bits per heavy atom. The third-order valence-electron chi connectivity index (χ3n) is 4.54. The summed E-state index contributed by atoms with van der Waals surface area (Å²) in [5.41, 5.74) is 2.08. The molecule has 0 spiro atoms. The molecule has 1 amide bonds. The first-order valence-electron chi connectivity index (χ1n) is 8.59. The lowest BCUT2D eigenvalue weighted by molar-refractivity contribution is -0.113. The fraction of sp³-hybridized carbons (Fsp3) is 0.200. The van der Waals surface area contributed by atoms with E-state index in [0.29, 0.717) is 9.23 Å². The quantitative estimate of drug-likeness (QED) is 0.597. The highest BCUT2D eigenvalue weighted by Gasteiger charge is 2.34. The molecule has 2 saturated heterocycles. The average Bonchev–Trinajstić information content (AvgIpc) is 2.97. The van der Waals surface area contributed by atoms with Gasteiger partial charge in [0.05, 0.1) is 10.6 Å². The predicted octanol–water partition coefficient (Wildman–Crippen LogP) is 3.71. The van der Waals surface area contributed by atoms with Gasteiger partial charge in [0.2, 0.25) is 0 Å². The Balaban J connectivity index is 1.43. The van der Waals surface area contributed by atoms with E-state index in [0.717, 1.165) is 31.9 Å². The Hall–Kier alpha value is -2.31. The summed E-state index contributed by atoms with van der Waals surface area (Å²) in [5, 5.41) is 0. The molecule has 4 nitrogen and oxygen atoms in total. The highest BCUT2D eigenvalue weighted by Crippen LogP contribution is 2.35. The molecule has 26 heavy (non-hydrogen) atoms. The number of carbonyl (C=O) groups excluding carboxylic acids is 1. The number of para-hydroxylation sites is 2. The molecule has 6 heteroatoms. The fourth-order valence-corrected chi connectivity index (χ4v) is 4.48. The Morgan fingerprint density at radius 3 is 2.04 bits per heavy atom. The lowest BCUT2D eigenvalue weighted by Gasteiger charge is -2.35. The molecule has 0 aromatic heterocycles. The van der Waals surface area contributed by atoms with Gasteiger partial charge in [0, 0.05) is 38.1 Å². The molecular weight excluding hydrogens is 362 g/mol. The Labute approximate surface area is 163 Å². The number of nitrogens with zero attached hydrogens (tertiary/aromatic N) is 3. The van der Waals surface area contributed by atoms with Crippen molar-refractivity contribution in [1.82, 2.24) is 4.90 Å². The van der Waals surface area contributed by atoms with Crippen molar-refractivity contribution in [3.05, 3.63) is 71.8 Å². The van der Waals surface area contributed by atoms with Gasteiger partial charge < -0.3 is 9.80 Å². The van der Waals surface area contributed by atoms with Crippen LogP contribution in [-0.4, -0.2) is 41.3 Å². The maximum Gasteiger partial charge on any atom is 0.272 e. The van der Waals surface area contributed by atoms with E-state index in [1.54, 1.807) is 4.90 Å². The van der Waals surface area contributed by atoms with Crippen molar-refractivity contribution in [3.63, 3.8) is 0 Å². The molecule has 0 atom stereocenters. The summed E-state index contributed by atoms with van der Waals surface area (Å²) < 4.78 is 0.593. The van der Waals surface area contributed by atoms with E-state index in [9.17, 15) is 4.79 Å². The first kappa shape index (κ1) is 17.1. The van der Waals surface area contributed by atoms with Crippen LogP contribution in [0.4, 0.5) is 11.4 Å². The fourth-order valence-electron chi connectivity index (χ4n) is 3.17. The van der Waals surface area contributed by atoms with Crippen molar-refractivity contribution in [1.29, 1.82) is 0 Å². The summed E-state index contributed by atoms with van der Waals surface area (Å²) in [5.74, 6) is -0.0308. The smallest absolute Gasteiger partial charge is 0.272 e. The lowest BCUT2D eigenvalue weighted by Crippen LogP contribution is -2.44. The van der Waals surface area contributed by atoms with Gasteiger partial charge in [-0.2, -0.15) is 0 Å². The van der Waals surface area contributed by atoms with Crippen LogP contribution < -0.4 is 9.80 Å². The first-order valence-corrected chi connectivity index (χ1v) is 9.82. The minimum absolute atomic E-state index is 0.0308. The molecule has 0 bridgehead atoms. The van der Waals surface area contributed by atoms with E-state index >= 15 is 0 Å². The molecule has 0 radical (unpaired) electrons. The molecule has 2 aliphatic heterocycles. The highest BCUT2D eigenvalue weighted by molar-refractivity contribution is 8.27. The van der Waals surface area contributed by atoms with Gasteiger partial charge >= 0.3 is 0 Å². The average molecular weight is 382 g/mol. The number of thiocarbonyl (C=S) groups is 1. The van der Waals surface area contributed by atoms with Crippen molar-refractivity contribution >= 4 is 45.6 Å². The Bertz CT molecular complexity index is 831. The van der Waals surface area contributed by atoms with E-state index in [2.05, 4.69) is 34.1 Å². The van der Waals surface area contributed by atoms with Gasteiger partial charge in [-0.15, -0.1) is 0 Å². The molecule has 0 saturated carbocycles. The van der Waals surface area contributed by atoms with Crippen molar-refractivity contribution in [2.75, 3.05) is 36.0 Å². The van der Waals surface area contributed by atoms with Crippen molar-refractivity contribution in [2.45, 2.75) is 0 Å². The first-order chi connectivity index (χ1) is 12.7. The van der Waals surface area contributed by atoms with Crippen molar-refractivity contribution in [2.24, 2.45) is 0 Å². The highest BCUT2D eigenvalue weighted by atomic mass is 32.2. The lowest BCUT2D eigenvalue weighted by atomic mass is 10.2. The number of benzene rings is 2. The maximum absolute atomic E-state index is 12.8. The molecule has 4 rings (SSSR count). The van der Waals surface area contributed by atoms with Crippen molar-refractivity contribution in [3.8, 4) is 0 Å². The summed E-state index contributed by atoms with van der Waals surface area (Å²) in [6.45, 7) is 3.67. The number of piperazine rings is 1. The molecule has 2 aromatic rings. The molecule has 0 N–H and O–H groups in total. The van der Waals surface area contributed by atoms with E-state index in [1.807, 2.05) is 42.6 Å². The van der Waals surface area contributed by atoms with Crippen LogP contribution in [0.1, 0.15) is 0 Å². The third kappa shape index (κ3) is 3.48. The standard InChI is InChI=1S/C20H19N3OS2/c24-19-18(26-20(25)23(19)17-9-5-2-6-10-17)15-21-11-13-22(14-12-21)16-7-3-1-4-8-16/h1-10,15H,11-14H2/b18-15-. The zero-order valence-electron chi connectivity index (χ0n) is 14.2. The molecular formula is C20H19N3OS2. The predicted molar refractivity (Wildman–Crippen MR) is 112 cm³/mol. The van der Waals surface area contributed by atoms with Crippen LogP contribution in [0, 0.1) is 0 Å². The van der Waals surface area contributed by atoms with Crippen LogP contribution in [0.5, 0.6) is 0 Å². The van der Waals surface area contributed by atoms with Gasteiger partial charge in [-0.1, -0.05) is 60.4 Å². The van der Waals surface area contributed by atoms with Crippen LogP contribution in [0.3, 0.4) is 0 Å². The normalized spacial score (nSPS) is 19.5. The van der Waals surface area contributed by atoms with Crippen LogP contribution in [0.25, 0.3) is 0 Å². The zero-order chi connectivity index (χ0) is 17.9. The van der Waals surface area contributed by atoms with E-state index in [1.165, 1.54) is 17.4 Å². The third-order valence-corrected chi connectivity index (χ3v) is 5.83. The molecule has 132 valence electrons.